The second kappa shape index (κ2) is 4.85. The van der Waals surface area contributed by atoms with Crippen molar-refractivity contribution in [2.45, 2.75) is 46.1 Å². The van der Waals surface area contributed by atoms with Crippen LogP contribution in [0.15, 0.2) is 18.2 Å². The molecule has 4 nitrogen and oxygen atoms in total. The lowest BCUT2D eigenvalue weighted by Crippen LogP contribution is -2.29. The summed E-state index contributed by atoms with van der Waals surface area (Å²) in [5.41, 5.74) is 1.69. The molecule has 0 saturated heterocycles. The number of aliphatic carboxylic acids is 1. The number of fused-ring (bicyclic) bond motifs is 1. The van der Waals surface area contributed by atoms with E-state index >= 15 is 0 Å². The Balaban J connectivity index is 2.64. The van der Waals surface area contributed by atoms with Crippen molar-refractivity contribution in [1.29, 1.82) is 0 Å². The molecule has 0 bridgehead atoms. The number of hydrogen-bond acceptors (Lipinski definition) is 2. The quantitative estimate of drug-likeness (QED) is 0.895. The van der Waals surface area contributed by atoms with Gasteiger partial charge in [0.25, 0.3) is 0 Å². The average molecular weight is 275 g/mol. The van der Waals surface area contributed by atoms with Gasteiger partial charge in [0.1, 0.15) is 5.75 Å². The van der Waals surface area contributed by atoms with Crippen LogP contribution in [-0.4, -0.2) is 22.2 Å². The maximum absolute atomic E-state index is 11.5. The SMILES string of the molecule is Cc1[nH]c2ccc(OC(C)C)cc2c1C(C)(C)C(=O)O. The Labute approximate surface area is 118 Å². The monoisotopic (exact) mass is 275 g/mol. The van der Waals surface area contributed by atoms with E-state index in [0.29, 0.717) is 0 Å². The van der Waals surface area contributed by atoms with Crippen LogP contribution < -0.4 is 4.74 Å². The van der Waals surface area contributed by atoms with Crippen molar-refractivity contribution < 1.29 is 14.6 Å². The molecular formula is C16H21NO3. The standard InChI is InChI=1S/C16H21NO3/c1-9(2)20-11-6-7-13-12(8-11)14(10(3)17-13)16(4,5)15(18)19/h6-9,17H,1-5H3,(H,18,19). The fraction of sp³-hybridized carbons (Fsp3) is 0.438. The normalized spacial score (nSPS) is 12.1. The van der Waals surface area contributed by atoms with Crippen molar-refractivity contribution >= 4 is 16.9 Å². The van der Waals surface area contributed by atoms with Crippen LogP contribution in [0.3, 0.4) is 0 Å². The van der Waals surface area contributed by atoms with Crippen LogP contribution in [0.2, 0.25) is 0 Å². The highest BCUT2D eigenvalue weighted by molar-refractivity contribution is 5.93. The number of carbonyl (C=O) groups is 1. The van der Waals surface area contributed by atoms with Crippen molar-refractivity contribution in [3.63, 3.8) is 0 Å². The molecular weight excluding hydrogens is 254 g/mol. The number of rotatable bonds is 4. The maximum Gasteiger partial charge on any atom is 0.313 e. The van der Waals surface area contributed by atoms with Crippen LogP contribution >= 0.6 is 0 Å². The minimum absolute atomic E-state index is 0.0865. The number of hydrogen-bond donors (Lipinski definition) is 2. The largest absolute Gasteiger partial charge is 0.491 e. The Kier molecular flexibility index (Phi) is 3.50. The second-order valence-corrected chi connectivity index (χ2v) is 5.93. The summed E-state index contributed by atoms with van der Waals surface area (Å²) in [5, 5.41) is 10.4. The number of aryl methyl sites for hydroxylation is 1. The average Bonchev–Trinajstić information content (AvgIpc) is 2.63. The van der Waals surface area contributed by atoms with Crippen molar-refractivity contribution in [2.24, 2.45) is 0 Å². The predicted molar refractivity (Wildman–Crippen MR) is 79.5 cm³/mol. The van der Waals surface area contributed by atoms with Gasteiger partial charge >= 0.3 is 5.97 Å². The van der Waals surface area contributed by atoms with E-state index in [0.717, 1.165) is 27.9 Å². The first-order chi connectivity index (χ1) is 9.23. The summed E-state index contributed by atoms with van der Waals surface area (Å²) in [7, 11) is 0. The smallest absolute Gasteiger partial charge is 0.313 e. The van der Waals surface area contributed by atoms with Crippen molar-refractivity contribution in [2.75, 3.05) is 0 Å². The third-order valence-electron chi connectivity index (χ3n) is 3.49. The molecule has 0 aliphatic heterocycles. The van der Waals surface area contributed by atoms with Gasteiger partial charge in [0, 0.05) is 16.6 Å². The maximum atomic E-state index is 11.5. The predicted octanol–water partition coefficient (Wildman–Crippen LogP) is 3.63. The van der Waals surface area contributed by atoms with E-state index in [1.54, 1.807) is 13.8 Å². The topological polar surface area (TPSA) is 62.3 Å². The summed E-state index contributed by atoms with van der Waals surface area (Å²) < 4.78 is 5.70. The molecule has 0 saturated carbocycles. The van der Waals surface area contributed by atoms with E-state index in [1.165, 1.54) is 0 Å². The summed E-state index contributed by atoms with van der Waals surface area (Å²) in [4.78, 5) is 14.8. The number of benzene rings is 1. The lowest BCUT2D eigenvalue weighted by atomic mass is 9.83. The number of nitrogens with one attached hydrogen (secondary N) is 1. The highest BCUT2D eigenvalue weighted by Crippen LogP contribution is 2.35. The molecule has 1 heterocycles. The third kappa shape index (κ3) is 2.38. The molecule has 2 aromatic rings. The van der Waals surface area contributed by atoms with Crippen LogP contribution in [0, 0.1) is 6.92 Å². The molecule has 4 heteroatoms. The van der Waals surface area contributed by atoms with Gasteiger partial charge in [-0.3, -0.25) is 4.79 Å². The molecule has 2 N–H and O–H groups in total. The summed E-state index contributed by atoms with van der Waals surface area (Å²) in [6, 6.07) is 5.75. The summed E-state index contributed by atoms with van der Waals surface area (Å²) >= 11 is 0. The first-order valence-corrected chi connectivity index (χ1v) is 6.76. The zero-order valence-corrected chi connectivity index (χ0v) is 12.6. The number of carboxylic acids is 1. The molecule has 1 aromatic heterocycles. The summed E-state index contributed by atoms with van der Waals surface area (Å²) in [6.07, 6.45) is 0.0865. The zero-order chi connectivity index (χ0) is 15.1. The lowest BCUT2D eigenvalue weighted by molar-refractivity contribution is -0.142. The van der Waals surface area contributed by atoms with Crippen LogP contribution in [0.4, 0.5) is 0 Å². The number of aromatic nitrogens is 1. The molecule has 0 amide bonds. The lowest BCUT2D eigenvalue weighted by Gasteiger charge is -2.20. The minimum Gasteiger partial charge on any atom is -0.491 e. The molecule has 0 aliphatic carbocycles. The Hall–Kier alpha value is -1.97. The van der Waals surface area contributed by atoms with E-state index in [2.05, 4.69) is 4.98 Å². The van der Waals surface area contributed by atoms with Gasteiger partial charge in [-0.05, 0) is 58.4 Å². The van der Waals surface area contributed by atoms with Gasteiger partial charge in [0.15, 0.2) is 0 Å². The number of ether oxygens (including phenoxy) is 1. The molecule has 0 radical (unpaired) electrons. The summed E-state index contributed by atoms with van der Waals surface area (Å²) in [5.74, 6) is -0.0781. The Morgan fingerprint density at radius 3 is 2.55 bits per heavy atom. The first kappa shape index (κ1) is 14.4. The van der Waals surface area contributed by atoms with E-state index in [4.69, 9.17) is 4.74 Å². The van der Waals surface area contributed by atoms with E-state index in [9.17, 15) is 9.90 Å². The third-order valence-corrected chi connectivity index (χ3v) is 3.49. The minimum atomic E-state index is -0.946. The highest BCUT2D eigenvalue weighted by atomic mass is 16.5. The van der Waals surface area contributed by atoms with Crippen LogP contribution in [0.25, 0.3) is 10.9 Å². The fourth-order valence-corrected chi connectivity index (χ4v) is 2.56. The highest BCUT2D eigenvalue weighted by Gasteiger charge is 2.33. The molecule has 0 unspecified atom stereocenters. The van der Waals surface area contributed by atoms with E-state index in [-0.39, 0.29) is 6.10 Å². The molecule has 20 heavy (non-hydrogen) atoms. The van der Waals surface area contributed by atoms with Crippen molar-refractivity contribution in [1.82, 2.24) is 4.98 Å². The first-order valence-electron chi connectivity index (χ1n) is 6.76. The molecule has 0 spiro atoms. The van der Waals surface area contributed by atoms with Crippen molar-refractivity contribution in [3.05, 3.63) is 29.5 Å². The van der Waals surface area contributed by atoms with Gasteiger partial charge < -0.3 is 14.8 Å². The second-order valence-electron chi connectivity index (χ2n) is 5.93. The molecule has 0 atom stereocenters. The molecule has 2 rings (SSSR count). The van der Waals surface area contributed by atoms with Gasteiger partial charge in [-0.25, -0.2) is 0 Å². The fourth-order valence-electron chi connectivity index (χ4n) is 2.56. The molecule has 0 fully saturated rings. The number of aromatic amines is 1. The van der Waals surface area contributed by atoms with Gasteiger partial charge in [-0.1, -0.05) is 0 Å². The Morgan fingerprint density at radius 2 is 2.00 bits per heavy atom. The van der Waals surface area contributed by atoms with Crippen LogP contribution in [0.5, 0.6) is 5.75 Å². The molecule has 1 aromatic carbocycles. The molecule has 0 aliphatic rings. The number of carboxylic acid groups (broad SMARTS) is 1. The zero-order valence-electron chi connectivity index (χ0n) is 12.6. The summed E-state index contributed by atoms with van der Waals surface area (Å²) in [6.45, 7) is 9.29. The van der Waals surface area contributed by atoms with Gasteiger partial charge in [0.05, 0.1) is 11.5 Å². The van der Waals surface area contributed by atoms with E-state index < -0.39 is 11.4 Å². The van der Waals surface area contributed by atoms with Crippen LogP contribution in [-0.2, 0) is 10.2 Å². The van der Waals surface area contributed by atoms with Gasteiger partial charge in [-0.15, -0.1) is 0 Å². The molecule has 108 valence electrons. The van der Waals surface area contributed by atoms with E-state index in [1.807, 2.05) is 39.0 Å². The van der Waals surface area contributed by atoms with Gasteiger partial charge in [-0.2, -0.15) is 0 Å². The van der Waals surface area contributed by atoms with Crippen molar-refractivity contribution in [3.8, 4) is 5.75 Å². The Bertz CT molecular complexity index is 653. The van der Waals surface area contributed by atoms with Crippen LogP contribution in [0.1, 0.15) is 39.0 Å². The Morgan fingerprint density at radius 1 is 1.35 bits per heavy atom. The number of H-pyrrole nitrogens is 1. The van der Waals surface area contributed by atoms with Gasteiger partial charge in [0.2, 0.25) is 0 Å².